The first-order chi connectivity index (χ1) is 3.91. The van der Waals surface area contributed by atoms with Crippen molar-refractivity contribution in [2.24, 2.45) is 0 Å². The summed E-state index contributed by atoms with van der Waals surface area (Å²) in [6.07, 6.45) is 1.97. The van der Waals surface area contributed by atoms with Gasteiger partial charge < -0.3 is 5.32 Å². The highest BCUT2D eigenvalue weighted by atomic mass is 17.1. The summed E-state index contributed by atoms with van der Waals surface area (Å²) in [6.45, 7) is 1.44. The smallest absolute Gasteiger partial charge is 0.0820 e. The molecule has 0 atom stereocenters. The van der Waals surface area contributed by atoms with Crippen LogP contribution in [0.3, 0.4) is 0 Å². The molecule has 0 aliphatic heterocycles. The molecule has 3 heteroatoms. The van der Waals surface area contributed by atoms with Crippen molar-refractivity contribution in [3.63, 3.8) is 0 Å². The van der Waals surface area contributed by atoms with E-state index in [1.807, 2.05) is 7.05 Å². The lowest BCUT2D eigenvalue weighted by molar-refractivity contribution is -0.242. The summed E-state index contributed by atoms with van der Waals surface area (Å²) in [7, 11) is 1.90. The molecule has 8 heavy (non-hydrogen) atoms. The molecule has 0 aromatic heterocycles. The highest BCUT2D eigenvalue weighted by Crippen LogP contribution is 1.84. The standard InChI is InChI=1S/C5H13NO2/c1-6-4-2-3-5-8-7/h6-7H,2-5H2,1H3. The Morgan fingerprint density at radius 1 is 1.50 bits per heavy atom. The molecule has 0 bridgehead atoms. The molecule has 0 aromatic rings. The molecule has 0 radical (unpaired) electrons. The fourth-order valence-corrected chi connectivity index (χ4v) is 0.468. The van der Waals surface area contributed by atoms with E-state index in [-0.39, 0.29) is 0 Å². The molecule has 0 spiro atoms. The van der Waals surface area contributed by atoms with Crippen LogP contribution < -0.4 is 5.32 Å². The van der Waals surface area contributed by atoms with Gasteiger partial charge in [-0.1, -0.05) is 0 Å². The molecule has 0 unspecified atom stereocenters. The lowest BCUT2D eigenvalue weighted by atomic mass is 10.3. The Bertz CT molecular complexity index is 35.4. The van der Waals surface area contributed by atoms with Gasteiger partial charge in [0.25, 0.3) is 0 Å². The maximum atomic E-state index is 7.85. The van der Waals surface area contributed by atoms with Crippen molar-refractivity contribution >= 4 is 0 Å². The molecule has 50 valence electrons. The van der Waals surface area contributed by atoms with Crippen LogP contribution in [0.25, 0.3) is 0 Å². The minimum atomic E-state index is 0.446. The summed E-state index contributed by atoms with van der Waals surface area (Å²) in [5.74, 6) is 0. The van der Waals surface area contributed by atoms with Gasteiger partial charge in [-0.15, -0.1) is 0 Å². The maximum absolute atomic E-state index is 7.85. The molecule has 0 saturated heterocycles. The topological polar surface area (TPSA) is 41.5 Å². The van der Waals surface area contributed by atoms with E-state index in [0.717, 1.165) is 19.4 Å². The van der Waals surface area contributed by atoms with Crippen molar-refractivity contribution in [3.8, 4) is 0 Å². The fourth-order valence-electron chi connectivity index (χ4n) is 0.468. The Kier molecular flexibility index (Phi) is 6.78. The van der Waals surface area contributed by atoms with E-state index in [1.165, 1.54) is 0 Å². The van der Waals surface area contributed by atoms with Gasteiger partial charge in [0, 0.05) is 0 Å². The van der Waals surface area contributed by atoms with Crippen LogP contribution in [0, 0.1) is 0 Å². The quantitative estimate of drug-likeness (QED) is 0.314. The maximum Gasteiger partial charge on any atom is 0.0820 e. The molecule has 0 heterocycles. The molecule has 0 amide bonds. The van der Waals surface area contributed by atoms with Gasteiger partial charge in [-0.3, -0.25) is 5.26 Å². The first-order valence-corrected chi connectivity index (χ1v) is 2.82. The van der Waals surface area contributed by atoms with Gasteiger partial charge >= 0.3 is 0 Å². The van der Waals surface area contributed by atoms with Gasteiger partial charge in [-0.05, 0) is 26.4 Å². The van der Waals surface area contributed by atoms with Gasteiger partial charge in [-0.2, -0.15) is 0 Å². The van der Waals surface area contributed by atoms with Crippen LogP contribution >= 0.6 is 0 Å². The number of hydrogen-bond acceptors (Lipinski definition) is 3. The van der Waals surface area contributed by atoms with E-state index < -0.39 is 0 Å². The lowest BCUT2D eigenvalue weighted by Gasteiger charge is -1.95. The third-order valence-electron chi connectivity index (χ3n) is 0.912. The molecule has 2 N–H and O–H groups in total. The van der Waals surface area contributed by atoms with Crippen molar-refractivity contribution in [3.05, 3.63) is 0 Å². The average Bonchev–Trinajstić information content (AvgIpc) is 1.81. The van der Waals surface area contributed by atoms with Crippen molar-refractivity contribution in [2.45, 2.75) is 12.8 Å². The molecule has 0 aliphatic carbocycles. The van der Waals surface area contributed by atoms with Crippen molar-refractivity contribution in [1.82, 2.24) is 5.32 Å². The molecule has 3 nitrogen and oxygen atoms in total. The lowest BCUT2D eigenvalue weighted by Crippen LogP contribution is -2.07. The van der Waals surface area contributed by atoms with E-state index in [1.54, 1.807) is 0 Å². The van der Waals surface area contributed by atoms with E-state index in [4.69, 9.17) is 5.26 Å². The Hall–Kier alpha value is -0.120. The predicted octanol–water partition coefficient (Wildman–Crippen LogP) is 0.476. The zero-order chi connectivity index (χ0) is 6.24. The second-order valence-electron chi connectivity index (χ2n) is 1.64. The van der Waals surface area contributed by atoms with Crippen LogP contribution in [-0.4, -0.2) is 25.5 Å². The van der Waals surface area contributed by atoms with E-state index >= 15 is 0 Å². The minimum Gasteiger partial charge on any atom is -0.320 e. The molecule has 0 aliphatic rings. The van der Waals surface area contributed by atoms with Crippen LogP contribution in [0.1, 0.15) is 12.8 Å². The highest BCUT2D eigenvalue weighted by Gasteiger charge is 1.83. The normalized spacial score (nSPS) is 9.75. The summed E-state index contributed by atoms with van der Waals surface area (Å²) in [5, 5.41) is 10.8. The number of rotatable bonds is 5. The summed E-state index contributed by atoms with van der Waals surface area (Å²) >= 11 is 0. The number of nitrogens with one attached hydrogen (secondary N) is 1. The van der Waals surface area contributed by atoms with Gasteiger partial charge in [0.05, 0.1) is 6.61 Å². The van der Waals surface area contributed by atoms with Gasteiger partial charge in [-0.25, -0.2) is 4.89 Å². The van der Waals surface area contributed by atoms with Crippen LogP contribution in [0.5, 0.6) is 0 Å². The van der Waals surface area contributed by atoms with Crippen molar-refractivity contribution in [2.75, 3.05) is 20.2 Å². The molecule has 0 fully saturated rings. The largest absolute Gasteiger partial charge is 0.320 e. The zero-order valence-corrected chi connectivity index (χ0v) is 5.18. The monoisotopic (exact) mass is 119 g/mol. The summed E-state index contributed by atoms with van der Waals surface area (Å²) in [5.41, 5.74) is 0. The number of hydrogen-bond donors (Lipinski definition) is 2. The summed E-state index contributed by atoms with van der Waals surface area (Å²) < 4.78 is 0. The highest BCUT2D eigenvalue weighted by molar-refractivity contribution is 4.39. The third-order valence-corrected chi connectivity index (χ3v) is 0.912. The predicted molar refractivity (Wildman–Crippen MR) is 31.7 cm³/mol. The van der Waals surface area contributed by atoms with Gasteiger partial charge in [0.2, 0.25) is 0 Å². The van der Waals surface area contributed by atoms with Crippen LogP contribution in [0.4, 0.5) is 0 Å². The first-order valence-electron chi connectivity index (χ1n) is 2.82. The average molecular weight is 119 g/mol. The molecule has 0 aromatic carbocycles. The van der Waals surface area contributed by atoms with Crippen LogP contribution in [-0.2, 0) is 4.89 Å². The zero-order valence-electron chi connectivity index (χ0n) is 5.18. The second kappa shape index (κ2) is 6.88. The van der Waals surface area contributed by atoms with E-state index in [9.17, 15) is 0 Å². The third kappa shape index (κ3) is 5.88. The summed E-state index contributed by atoms with van der Waals surface area (Å²) in [6, 6.07) is 0. The van der Waals surface area contributed by atoms with Crippen LogP contribution in [0.15, 0.2) is 0 Å². The van der Waals surface area contributed by atoms with E-state index in [2.05, 4.69) is 10.2 Å². The second-order valence-corrected chi connectivity index (χ2v) is 1.64. The van der Waals surface area contributed by atoms with Crippen molar-refractivity contribution in [1.29, 1.82) is 0 Å². The minimum absolute atomic E-state index is 0.446. The van der Waals surface area contributed by atoms with Gasteiger partial charge in [0.15, 0.2) is 0 Å². The Morgan fingerprint density at radius 3 is 2.75 bits per heavy atom. The Morgan fingerprint density at radius 2 is 2.25 bits per heavy atom. The Labute approximate surface area is 49.6 Å². The molecular formula is C5H13NO2. The fraction of sp³-hybridized carbons (Fsp3) is 1.00. The molecular weight excluding hydrogens is 106 g/mol. The van der Waals surface area contributed by atoms with Gasteiger partial charge in [0.1, 0.15) is 0 Å². The number of unbranched alkanes of at least 4 members (excludes halogenated alkanes) is 1. The first kappa shape index (κ1) is 7.88. The van der Waals surface area contributed by atoms with E-state index in [0.29, 0.717) is 6.61 Å². The molecule has 0 rings (SSSR count). The summed E-state index contributed by atoms with van der Waals surface area (Å²) in [4.78, 5) is 3.86. The SMILES string of the molecule is CNCCCCOO. The van der Waals surface area contributed by atoms with Crippen LogP contribution in [0.2, 0.25) is 0 Å². The molecule has 0 saturated carbocycles. The Balaban J connectivity index is 2.53. The van der Waals surface area contributed by atoms with Crippen molar-refractivity contribution < 1.29 is 10.1 Å².